The van der Waals surface area contributed by atoms with Crippen LogP contribution in [-0.2, 0) is 11.3 Å². The Labute approximate surface area is 171 Å². The summed E-state index contributed by atoms with van der Waals surface area (Å²) in [7, 11) is 0. The van der Waals surface area contributed by atoms with Gasteiger partial charge >= 0.3 is 5.69 Å². The van der Waals surface area contributed by atoms with Crippen molar-refractivity contribution in [3.05, 3.63) is 85.2 Å². The number of carbonyl (C=O) groups is 1. The molecule has 2 aromatic heterocycles. The fraction of sp³-hybridized carbons (Fsp3) is 0.190. The monoisotopic (exact) mass is 410 g/mol. The first-order valence-corrected chi connectivity index (χ1v) is 10.1. The molecule has 0 spiro atoms. The van der Waals surface area contributed by atoms with Crippen LogP contribution >= 0.6 is 11.3 Å². The molecule has 1 amide bonds. The van der Waals surface area contributed by atoms with Crippen molar-refractivity contribution in [2.45, 2.75) is 19.9 Å². The van der Waals surface area contributed by atoms with E-state index in [9.17, 15) is 14.4 Å². The number of benzene rings is 1. The number of nitrogens with zero attached hydrogens (tertiary/aromatic N) is 2. The number of nitrogens with one attached hydrogen (secondary N) is 1. The summed E-state index contributed by atoms with van der Waals surface area (Å²) in [4.78, 5) is 42.3. The van der Waals surface area contributed by atoms with Gasteiger partial charge in [0, 0.05) is 17.5 Å². The van der Waals surface area contributed by atoms with Gasteiger partial charge in [0.25, 0.3) is 11.5 Å². The SMILES string of the molecule is CCCN(C(=O)/C=C/c1cccs1)c1c(N)n(Cc2ccccc2)c(=O)[nH]c1=O. The average Bonchev–Trinajstić information content (AvgIpc) is 3.23. The number of amides is 1. The first-order chi connectivity index (χ1) is 14.0. The predicted octanol–water partition coefficient (Wildman–Crippen LogP) is 2.69. The van der Waals surface area contributed by atoms with Gasteiger partial charge in [-0.15, -0.1) is 11.3 Å². The largest absolute Gasteiger partial charge is 0.383 e. The molecule has 3 rings (SSSR count). The lowest BCUT2D eigenvalue weighted by atomic mass is 10.2. The first kappa shape index (κ1) is 20.3. The Bertz CT molecular complexity index is 1120. The molecule has 2 heterocycles. The van der Waals surface area contributed by atoms with Gasteiger partial charge in [0.1, 0.15) is 5.82 Å². The topological polar surface area (TPSA) is 101 Å². The molecule has 0 aliphatic heterocycles. The van der Waals surface area contributed by atoms with Gasteiger partial charge in [-0.2, -0.15) is 0 Å². The van der Waals surface area contributed by atoms with E-state index in [2.05, 4.69) is 4.98 Å². The van der Waals surface area contributed by atoms with E-state index in [4.69, 9.17) is 5.73 Å². The predicted molar refractivity (Wildman–Crippen MR) is 117 cm³/mol. The zero-order valence-corrected chi connectivity index (χ0v) is 16.8. The molecule has 0 saturated heterocycles. The molecule has 7 nitrogen and oxygen atoms in total. The maximum atomic E-state index is 12.8. The molecule has 150 valence electrons. The van der Waals surface area contributed by atoms with Gasteiger partial charge < -0.3 is 10.6 Å². The maximum absolute atomic E-state index is 12.8. The van der Waals surface area contributed by atoms with Gasteiger partial charge in [-0.1, -0.05) is 43.3 Å². The molecule has 0 bridgehead atoms. The number of H-pyrrole nitrogens is 1. The molecule has 0 saturated carbocycles. The number of thiophene rings is 1. The van der Waals surface area contributed by atoms with Crippen molar-refractivity contribution in [3.63, 3.8) is 0 Å². The molecule has 0 atom stereocenters. The van der Waals surface area contributed by atoms with E-state index in [0.717, 1.165) is 10.4 Å². The Morgan fingerprint density at radius 1 is 1.21 bits per heavy atom. The second-order valence-corrected chi connectivity index (χ2v) is 7.38. The highest BCUT2D eigenvalue weighted by molar-refractivity contribution is 7.10. The van der Waals surface area contributed by atoms with Crippen molar-refractivity contribution in [2.75, 3.05) is 17.2 Å². The van der Waals surface area contributed by atoms with Gasteiger partial charge in [0.2, 0.25) is 0 Å². The number of aromatic amines is 1. The Balaban J connectivity index is 2.01. The highest BCUT2D eigenvalue weighted by Crippen LogP contribution is 2.19. The molecule has 1 aromatic carbocycles. The number of nitrogens with two attached hydrogens (primary N) is 1. The van der Waals surface area contributed by atoms with Crippen molar-refractivity contribution < 1.29 is 4.79 Å². The smallest absolute Gasteiger partial charge is 0.330 e. The van der Waals surface area contributed by atoms with Gasteiger partial charge in [-0.05, 0) is 29.5 Å². The van der Waals surface area contributed by atoms with Crippen LogP contribution in [0.2, 0.25) is 0 Å². The minimum Gasteiger partial charge on any atom is -0.383 e. The molecule has 0 unspecified atom stereocenters. The van der Waals surface area contributed by atoms with Crippen LogP contribution in [0.1, 0.15) is 23.8 Å². The lowest BCUT2D eigenvalue weighted by Gasteiger charge is -2.23. The Morgan fingerprint density at radius 2 is 1.97 bits per heavy atom. The van der Waals surface area contributed by atoms with Crippen molar-refractivity contribution in [1.82, 2.24) is 9.55 Å². The number of anilines is 2. The number of aromatic nitrogens is 2. The van der Waals surface area contributed by atoms with Crippen molar-refractivity contribution in [3.8, 4) is 0 Å². The molecule has 3 aromatic rings. The van der Waals surface area contributed by atoms with Crippen LogP contribution in [0.3, 0.4) is 0 Å². The van der Waals surface area contributed by atoms with E-state index < -0.39 is 11.2 Å². The molecular formula is C21H22N4O3S. The molecule has 0 fully saturated rings. The summed E-state index contributed by atoms with van der Waals surface area (Å²) in [5.41, 5.74) is 5.77. The minimum absolute atomic E-state index is 0.0109. The third-order valence-electron chi connectivity index (χ3n) is 4.31. The molecule has 0 aliphatic rings. The fourth-order valence-electron chi connectivity index (χ4n) is 2.95. The third-order valence-corrected chi connectivity index (χ3v) is 5.15. The first-order valence-electron chi connectivity index (χ1n) is 9.21. The van der Waals surface area contributed by atoms with Gasteiger partial charge in [0.05, 0.1) is 6.54 Å². The van der Waals surface area contributed by atoms with Gasteiger partial charge in [0.15, 0.2) is 5.69 Å². The lowest BCUT2D eigenvalue weighted by Crippen LogP contribution is -2.41. The van der Waals surface area contributed by atoms with Crippen LogP contribution < -0.4 is 21.9 Å². The highest BCUT2D eigenvalue weighted by Gasteiger charge is 2.22. The number of nitrogen functional groups attached to an aromatic ring is 1. The highest BCUT2D eigenvalue weighted by atomic mass is 32.1. The molecule has 0 aliphatic carbocycles. The van der Waals surface area contributed by atoms with Crippen LogP contribution in [-0.4, -0.2) is 22.0 Å². The third kappa shape index (κ3) is 4.72. The zero-order valence-electron chi connectivity index (χ0n) is 16.0. The van der Waals surface area contributed by atoms with Crippen LogP contribution in [0.4, 0.5) is 11.5 Å². The summed E-state index contributed by atoms with van der Waals surface area (Å²) in [6.07, 6.45) is 3.72. The lowest BCUT2D eigenvalue weighted by molar-refractivity contribution is -0.114. The summed E-state index contributed by atoms with van der Waals surface area (Å²) in [5.74, 6) is -0.406. The molecular weight excluding hydrogens is 388 g/mol. The molecule has 0 radical (unpaired) electrons. The minimum atomic E-state index is -0.678. The second kappa shape index (κ2) is 9.20. The number of carbonyl (C=O) groups excluding carboxylic acids is 1. The Kier molecular flexibility index (Phi) is 6.46. The fourth-order valence-corrected chi connectivity index (χ4v) is 3.56. The van der Waals surface area contributed by atoms with Gasteiger partial charge in [-0.3, -0.25) is 19.1 Å². The molecule has 29 heavy (non-hydrogen) atoms. The van der Waals surface area contributed by atoms with E-state index in [1.54, 1.807) is 6.08 Å². The van der Waals surface area contributed by atoms with Crippen molar-refractivity contribution in [2.24, 2.45) is 0 Å². The number of hydrogen-bond acceptors (Lipinski definition) is 5. The summed E-state index contributed by atoms with van der Waals surface area (Å²) >= 11 is 1.50. The van der Waals surface area contributed by atoms with E-state index in [0.29, 0.717) is 13.0 Å². The Morgan fingerprint density at radius 3 is 2.62 bits per heavy atom. The van der Waals surface area contributed by atoms with Crippen LogP contribution in [0.5, 0.6) is 0 Å². The van der Waals surface area contributed by atoms with E-state index in [1.807, 2.05) is 54.8 Å². The Hall–Kier alpha value is -3.39. The summed E-state index contributed by atoms with van der Waals surface area (Å²) < 4.78 is 1.27. The van der Waals surface area contributed by atoms with Gasteiger partial charge in [-0.25, -0.2) is 4.79 Å². The summed E-state index contributed by atoms with van der Waals surface area (Å²) in [6.45, 7) is 2.38. The normalized spacial score (nSPS) is 11.1. The summed E-state index contributed by atoms with van der Waals surface area (Å²) in [6, 6.07) is 13.1. The number of hydrogen-bond donors (Lipinski definition) is 2. The van der Waals surface area contributed by atoms with E-state index >= 15 is 0 Å². The van der Waals surface area contributed by atoms with Crippen molar-refractivity contribution in [1.29, 1.82) is 0 Å². The maximum Gasteiger partial charge on any atom is 0.330 e. The second-order valence-electron chi connectivity index (χ2n) is 6.40. The summed E-state index contributed by atoms with van der Waals surface area (Å²) in [5, 5.41) is 1.91. The van der Waals surface area contributed by atoms with E-state index in [1.165, 1.54) is 26.9 Å². The van der Waals surface area contributed by atoms with Crippen LogP contribution in [0.25, 0.3) is 6.08 Å². The van der Waals surface area contributed by atoms with Crippen LogP contribution in [0.15, 0.2) is 63.5 Å². The molecule has 3 N–H and O–H groups in total. The van der Waals surface area contributed by atoms with Crippen molar-refractivity contribution >= 4 is 34.8 Å². The molecule has 8 heteroatoms. The van der Waals surface area contributed by atoms with Crippen LogP contribution in [0, 0.1) is 0 Å². The zero-order chi connectivity index (χ0) is 20.8. The number of rotatable bonds is 7. The average molecular weight is 410 g/mol. The van der Waals surface area contributed by atoms with E-state index in [-0.39, 0.29) is 24.0 Å². The quantitative estimate of drug-likeness (QED) is 0.585. The standard InChI is InChI=1S/C21H22N4O3S/c1-2-12-24(17(26)11-10-16-9-6-13-29-16)18-19(22)25(21(28)23-20(18)27)14-15-7-4-3-5-8-15/h3-11,13H,2,12,14,22H2,1H3,(H,23,27,28)/b11-10+.